The minimum atomic E-state index is -3.51. The van der Waals surface area contributed by atoms with Crippen molar-refractivity contribution in [2.24, 2.45) is 0 Å². The van der Waals surface area contributed by atoms with Crippen LogP contribution in [0.3, 0.4) is 0 Å². The van der Waals surface area contributed by atoms with Crippen molar-refractivity contribution in [2.75, 3.05) is 39.0 Å². The number of sulfonamides is 1. The largest absolute Gasteiger partial charge is 0.399 e. The Morgan fingerprint density at radius 2 is 1.83 bits per heavy atom. The number of nitrogens with two attached hydrogens (primary N) is 1. The summed E-state index contributed by atoms with van der Waals surface area (Å²) in [7, 11) is -1.54. The Hall–Kier alpha value is -0.820. The molecule has 2 rings (SSSR count). The van der Waals surface area contributed by atoms with E-state index in [2.05, 4.69) is 4.90 Å². The second-order valence-corrected chi connectivity index (χ2v) is 6.71. The predicted molar refractivity (Wildman–Crippen MR) is 72.1 cm³/mol. The first-order valence-electron chi connectivity index (χ1n) is 5.65. The highest BCUT2D eigenvalue weighted by molar-refractivity contribution is 7.89. The van der Waals surface area contributed by atoms with E-state index in [-0.39, 0.29) is 9.92 Å². The first-order valence-corrected chi connectivity index (χ1v) is 7.47. The fourth-order valence-electron chi connectivity index (χ4n) is 1.89. The summed E-state index contributed by atoms with van der Waals surface area (Å²) in [5.74, 6) is 0. The molecule has 0 amide bonds. The van der Waals surface area contributed by atoms with E-state index in [1.54, 1.807) is 6.07 Å². The first kappa shape index (κ1) is 13.6. The molecule has 18 heavy (non-hydrogen) atoms. The second-order valence-electron chi connectivity index (χ2n) is 4.40. The van der Waals surface area contributed by atoms with Gasteiger partial charge in [0.25, 0.3) is 0 Å². The Morgan fingerprint density at radius 3 is 2.39 bits per heavy atom. The number of halogens is 1. The van der Waals surface area contributed by atoms with Gasteiger partial charge in [-0.3, -0.25) is 0 Å². The van der Waals surface area contributed by atoms with E-state index in [0.29, 0.717) is 18.8 Å². The summed E-state index contributed by atoms with van der Waals surface area (Å²) in [6.07, 6.45) is 0. The number of piperazine rings is 1. The number of hydrogen-bond acceptors (Lipinski definition) is 4. The molecule has 1 aromatic carbocycles. The maximum Gasteiger partial charge on any atom is 0.244 e. The topological polar surface area (TPSA) is 66.6 Å². The molecule has 1 aromatic rings. The molecule has 100 valence electrons. The smallest absolute Gasteiger partial charge is 0.244 e. The van der Waals surface area contributed by atoms with Gasteiger partial charge in [0, 0.05) is 31.9 Å². The van der Waals surface area contributed by atoms with Gasteiger partial charge in [-0.1, -0.05) is 11.6 Å². The summed E-state index contributed by atoms with van der Waals surface area (Å²) in [6.45, 7) is 2.43. The molecule has 7 heteroatoms. The average Bonchev–Trinajstić information content (AvgIpc) is 2.29. The normalized spacial score (nSPS) is 19.0. The lowest BCUT2D eigenvalue weighted by Crippen LogP contribution is -2.47. The van der Waals surface area contributed by atoms with Crippen molar-refractivity contribution < 1.29 is 8.42 Å². The molecule has 0 atom stereocenters. The predicted octanol–water partition coefficient (Wildman–Crippen LogP) is 0.858. The van der Waals surface area contributed by atoms with E-state index in [9.17, 15) is 8.42 Å². The van der Waals surface area contributed by atoms with Crippen LogP contribution in [0.4, 0.5) is 5.69 Å². The van der Waals surface area contributed by atoms with E-state index in [0.717, 1.165) is 13.1 Å². The monoisotopic (exact) mass is 289 g/mol. The van der Waals surface area contributed by atoms with Crippen LogP contribution >= 0.6 is 11.6 Å². The lowest BCUT2D eigenvalue weighted by Gasteiger charge is -2.31. The van der Waals surface area contributed by atoms with E-state index in [1.807, 2.05) is 7.05 Å². The Bertz CT molecular complexity index is 539. The van der Waals surface area contributed by atoms with Gasteiger partial charge < -0.3 is 10.6 Å². The Kier molecular flexibility index (Phi) is 3.82. The van der Waals surface area contributed by atoms with Gasteiger partial charge in [-0.2, -0.15) is 4.31 Å². The lowest BCUT2D eigenvalue weighted by atomic mass is 10.3. The highest BCUT2D eigenvalue weighted by Gasteiger charge is 2.29. The van der Waals surface area contributed by atoms with Crippen LogP contribution in [0.1, 0.15) is 0 Å². The van der Waals surface area contributed by atoms with Crippen LogP contribution < -0.4 is 5.73 Å². The van der Waals surface area contributed by atoms with Gasteiger partial charge in [-0.05, 0) is 25.2 Å². The van der Waals surface area contributed by atoms with Gasteiger partial charge in [0.15, 0.2) is 0 Å². The molecule has 0 spiro atoms. The van der Waals surface area contributed by atoms with Crippen molar-refractivity contribution in [2.45, 2.75) is 4.90 Å². The SMILES string of the molecule is CN1CCN(S(=O)(=O)c2ccc(N)cc2Cl)CC1. The molecular formula is C11H16ClN3O2S. The van der Waals surface area contributed by atoms with Crippen LogP contribution in [-0.4, -0.2) is 50.8 Å². The molecule has 5 nitrogen and oxygen atoms in total. The van der Waals surface area contributed by atoms with Crippen LogP contribution in [0, 0.1) is 0 Å². The minimum Gasteiger partial charge on any atom is -0.399 e. The molecule has 1 fully saturated rings. The number of anilines is 1. The molecule has 2 N–H and O–H groups in total. The Balaban J connectivity index is 2.30. The zero-order valence-corrected chi connectivity index (χ0v) is 11.7. The van der Waals surface area contributed by atoms with Crippen molar-refractivity contribution in [3.63, 3.8) is 0 Å². The molecule has 0 saturated carbocycles. The van der Waals surface area contributed by atoms with Crippen molar-refractivity contribution in [3.8, 4) is 0 Å². The third kappa shape index (κ3) is 2.61. The number of hydrogen-bond donors (Lipinski definition) is 1. The molecule has 1 saturated heterocycles. The zero-order valence-electron chi connectivity index (χ0n) is 10.1. The van der Waals surface area contributed by atoms with Crippen molar-refractivity contribution >= 4 is 27.3 Å². The van der Waals surface area contributed by atoms with E-state index in [4.69, 9.17) is 17.3 Å². The third-order valence-corrected chi connectivity index (χ3v) is 5.42. The number of nitrogen functional groups attached to an aromatic ring is 1. The van der Waals surface area contributed by atoms with Crippen molar-refractivity contribution in [3.05, 3.63) is 23.2 Å². The zero-order chi connectivity index (χ0) is 13.3. The molecule has 1 aliphatic heterocycles. The molecule has 0 bridgehead atoms. The van der Waals surface area contributed by atoms with Crippen LogP contribution in [-0.2, 0) is 10.0 Å². The maximum atomic E-state index is 12.4. The number of likely N-dealkylation sites (N-methyl/N-ethyl adjacent to an activating group) is 1. The van der Waals surface area contributed by atoms with Crippen LogP contribution in [0.25, 0.3) is 0 Å². The van der Waals surface area contributed by atoms with Crippen LogP contribution in [0.15, 0.2) is 23.1 Å². The van der Waals surface area contributed by atoms with Crippen LogP contribution in [0.2, 0.25) is 5.02 Å². The van der Waals surface area contributed by atoms with Crippen molar-refractivity contribution in [1.82, 2.24) is 9.21 Å². The summed E-state index contributed by atoms with van der Waals surface area (Å²) >= 11 is 5.97. The maximum absolute atomic E-state index is 12.4. The van der Waals surface area contributed by atoms with Gasteiger partial charge in [-0.15, -0.1) is 0 Å². The fraction of sp³-hybridized carbons (Fsp3) is 0.455. The standard InChI is InChI=1S/C11H16ClN3O2S/c1-14-4-6-15(7-5-14)18(16,17)11-3-2-9(13)8-10(11)12/h2-3,8H,4-7,13H2,1H3. The Labute approximate surface area is 112 Å². The van der Waals surface area contributed by atoms with Gasteiger partial charge in [0.1, 0.15) is 4.90 Å². The number of rotatable bonds is 2. The quantitative estimate of drug-likeness (QED) is 0.820. The van der Waals surface area contributed by atoms with Crippen molar-refractivity contribution in [1.29, 1.82) is 0 Å². The lowest BCUT2D eigenvalue weighted by molar-refractivity contribution is 0.222. The summed E-state index contributed by atoms with van der Waals surface area (Å²) in [6, 6.07) is 4.48. The molecule has 0 aromatic heterocycles. The van der Waals surface area contributed by atoms with E-state index < -0.39 is 10.0 Å². The molecule has 1 heterocycles. The highest BCUT2D eigenvalue weighted by Crippen LogP contribution is 2.27. The van der Waals surface area contributed by atoms with Gasteiger partial charge in [-0.25, -0.2) is 8.42 Å². The summed E-state index contributed by atoms with van der Waals surface area (Å²) in [5, 5.41) is 0.175. The third-order valence-electron chi connectivity index (χ3n) is 3.04. The van der Waals surface area contributed by atoms with Gasteiger partial charge in [0.2, 0.25) is 10.0 Å². The molecule has 0 unspecified atom stereocenters. The second kappa shape index (κ2) is 5.05. The van der Waals surface area contributed by atoms with Gasteiger partial charge in [0.05, 0.1) is 5.02 Å². The minimum absolute atomic E-state index is 0.128. The fourth-order valence-corrected chi connectivity index (χ4v) is 3.84. The molecule has 1 aliphatic rings. The summed E-state index contributed by atoms with van der Waals surface area (Å²) in [5.41, 5.74) is 6.02. The molecule has 0 radical (unpaired) electrons. The summed E-state index contributed by atoms with van der Waals surface area (Å²) in [4.78, 5) is 2.22. The van der Waals surface area contributed by atoms with Crippen LogP contribution in [0.5, 0.6) is 0 Å². The first-order chi connectivity index (χ1) is 8.41. The Morgan fingerprint density at radius 1 is 1.22 bits per heavy atom. The average molecular weight is 290 g/mol. The molecule has 0 aliphatic carbocycles. The number of nitrogens with zero attached hydrogens (tertiary/aromatic N) is 2. The summed E-state index contributed by atoms with van der Waals surface area (Å²) < 4.78 is 26.3. The highest BCUT2D eigenvalue weighted by atomic mass is 35.5. The van der Waals surface area contributed by atoms with Gasteiger partial charge >= 0.3 is 0 Å². The van der Waals surface area contributed by atoms with E-state index >= 15 is 0 Å². The molecular weight excluding hydrogens is 274 g/mol. The number of benzene rings is 1. The van der Waals surface area contributed by atoms with E-state index in [1.165, 1.54) is 16.4 Å².